The van der Waals surface area contributed by atoms with Gasteiger partial charge < -0.3 is 4.74 Å². The van der Waals surface area contributed by atoms with E-state index >= 15 is 0 Å². The van der Waals surface area contributed by atoms with Crippen LogP contribution >= 0.6 is 0 Å². The maximum Gasteiger partial charge on any atom is 0.309 e. The van der Waals surface area contributed by atoms with Crippen molar-refractivity contribution in [1.82, 2.24) is 0 Å². The molecule has 1 rings (SSSR count). The number of aryl methyl sites for hydroxylation is 1. The summed E-state index contributed by atoms with van der Waals surface area (Å²) in [4.78, 5) is 11.3. The van der Waals surface area contributed by atoms with E-state index in [-0.39, 0.29) is 5.97 Å². The Labute approximate surface area is 97.6 Å². The molecule has 0 N–H and O–H groups in total. The van der Waals surface area contributed by atoms with Gasteiger partial charge in [-0.2, -0.15) is 0 Å². The zero-order chi connectivity index (χ0) is 12.1. The lowest BCUT2D eigenvalue weighted by Crippen LogP contribution is -2.08. The van der Waals surface area contributed by atoms with E-state index in [0.717, 1.165) is 12.0 Å². The standard InChI is InChI=1S/C14H20O2/c1-5-11(3)13-8-10(2)6-7-12(13)9-14(15)16-4/h6-8,11H,5,9H2,1-4H3. The maximum absolute atomic E-state index is 11.3. The van der Waals surface area contributed by atoms with Gasteiger partial charge in [0.05, 0.1) is 13.5 Å². The van der Waals surface area contributed by atoms with E-state index in [2.05, 4.69) is 26.8 Å². The van der Waals surface area contributed by atoms with Gasteiger partial charge in [0.25, 0.3) is 0 Å². The van der Waals surface area contributed by atoms with Gasteiger partial charge in [0.1, 0.15) is 0 Å². The Bertz CT molecular complexity index is 369. The van der Waals surface area contributed by atoms with E-state index in [0.29, 0.717) is 12.3 Å². The summed E-state index contributed by atoms with van der Waals surface area (Å²) in [5.41, 5.74) is 3.60. The molecule has 0 spiro atoms. The fraction of sp³-hybridized carbons (Fsp3) is 0.500. The topological polar surface area (TPSA) is 26.3 Å². The van der Waals surface area contributed by atoms with Crippen molar-refractivity contribution in [1.29, 1.82) is 0 Å². The Hall–Kier alpha value is -1.31. The van der Waals surface area contributed by atoms with Gasteiger partial charge in [0.2, 0.25) is 0 Å². The first-order chi connectivity index (χ1) is 7.58. The van der Waals surface area contributed by atoms with Crippen LogP contribution in [0.15, 0.2) is 18.2 Å². The zero-order valence-corrected chi connectivity index (χ0v) is 10.5. The zero-order valence-electron chi connectivity index (χ0n) is 10.5. The lowest BCUT2D eigenvalue weighted by Gasteiger charge is -2.15. The smallest absolute Gasteiger partial charge is 0.309 e. The molecule has 0 bridgehead atoms. The predicted octanol–water partition coefficient (Wildman–Crippen LogP) is 3.22. The molecule has 0 fully saturated rings. The summed E-state index contributed by atoms with van der Waals surface area (Å²) in [6.07, 6.45) is 1.45. The third-order valence-electron chi connectivity index (χ3n) is 3.01. The van der Waals surface area contributed by atoms with Crippen molar-refractivity contribution in [3.8, 4) is 0 Å². The number of hydrogen-bond donors (Lipinski definition) is 0. The third kappa shape index (κ3) is 3.09. The molecule has 16 heavy (non-hydrogen) atoms. The molecule has 0 aliphatic rings. The summed E-state index contributed by atoms with van der Waals surface area (Å²) < 4.78 is 4.71. The fourth-order valence-electron chi connectivity index (χ4n) is 1.78. The average molecular weight is 220 g/mol. The molecular weight excluding hydrogens is 200 g/mol. The summed E-state index contributed by atoms with van der Waals surface area (Å²) >= 11 is 0. The van der Waals surface area contributed by atoms with E-state index in [1.807, 2.05) is 12.1 Å². The molecule has 1 unspecified atom stereocenters. The van der Waals surface area contributed by atoms with Crippen molar-refractivity contribution in [2.75, 3.05) is 7.11 Å². The van der Waals surface area contributed by atoms with Gasteiger partial charge in [-0.25, -0.2) is 0 Å². The van der Waals surface area contributed by atoms with Crippen molar-refractivity contribution in [2.24, 2.45) is 0 Å². The number of ether oxygens (including phenoxy) is 1. The van der Waals surface area contributed by atoms with Gasteiger partial charge in [-0.05, 0) is 30.4 Å². The van der Waals surface area contributed by atoms with Crippen molar-refractivity contribution in [2.45, 2.75) is 39.5 Å². The van der Waals surface area contributed by atoms with Crippen molar-refractivity contribution >= 4 is 5.97 Å². The van der Waals surface area contributed by atoms with E-state index < -0.39 is 0 Å². The van der Waals surface area contributed by atoms with E-state index in [1.165, 1.54) is 18.2 Å². The first-order valence-electron chi connectivity index (χ1n) is 5.74. The number of carbonyl (C=O) groups excluding carboxylic acids is 1. The average Bonchev–Trinajstić information content (AvgIpc) is 2.30. The molecule has 0 heterocycles. The molecule has 0 aliphatic heterocycles. The van der Waals surface area contributed by atoms with Crippen LogP contribution < -0.4 is 0 Å². The second-order valence-corrected chi connectivity index (χ2v) is 4.26. The SMILES string of the molecule is CCC(C)c1cc(C)ccc1CC(=O)OC. The summed E-state index contributed by atoms with van der Waals surface area (Å²) in [6.45, 7) is 6.43. The highest BCUT2D eigenvalue weighted by Gasteiger charge is 2.12. The van der Waals surface area contributed by atoms with Crippen LogP contribution in [0.5, 0.6) is 0 Å². The number of rotatable bonds is 4. The molecule has 0 amide bonds. The summed E-state index contributed by atoms with van der Waals surface area (Å²) in [6, 6.07) is 6.25. The number of esters is 1. The summed E-state index contributed by atoms with van der Waals surface area (Å²) in [5.74, 6) is 0.313. The van der Waals surface area contributed by atoms with Crippen molar-refractivity contribution in [3.63, 3.8) is 0 Å². The summed E-state index contributed by atoms with van der Waals surface area (Å²) in [7, 11) is 1.43. The van der Waals surface area contributed by atoms with Crippen molar-refractivity contribution in [3.05, 3.63) is 34.9 Å². The largest absolute Gasteiger partial charge is 0.469 e. The lowest BCUT2D eigenvalue weighted by molar-refractivity contribution is -0.139. The summed E-state index contributed by atoms with van der Waals surface area (Å²) in [5, 5.41) is 0. The van der Waals surface area contributed by atoms with Gasteiger partial charge in [-0.1, -0.05) is 37.6 Å². The quantitative estimate of drug-likeness (QED) is 0.728. The molecule has 0 aliphatic carbocycles. The van der Waals surface area contributed by atoms with Crippen LogP contribution in [0.2, 0.25) is 0 Å². The highest BCUT2D eigenvalue weighted by atomic mass is 16.5. The predicted molar refractivity (Wildman–Crippen MR) is 65.6 cm³/mol. The van der Waals surface area contributed by atoms with Crippen LogP contribution in [-0.2, 0) is 16.0 Å². The van der Waals surface area contributed by atoms with Crippen LogP contribution in [-0.4, -0.2) is 13.1 Å². The third-order valence-corrected chi connectivity index (χ3v) is 3.01. The van der Waals surface area contributed by atoms with Crippen LogP contribution in [0.1, 0.15) is 42.9 Å². The Morgan fingerprint density at radius 1 is 1.44 bits per heavy atom. The first kappa shape index (κ1) is 12.8. The lowest BCUT2D eigenvalue weighted by atomic mass is 9.91. The maximum atomic E-state index is 11.3. The van der Waals surface area contributed by atoms with E-state index in [1.54, 1.807) is 0 Å². The van der Waals surface area contributed by atoms with Gasteiger partial charge in [-0.3, -0.25) is 4.79 Å². The highest BCUT2D eigenvalue weighted by molar-refractivity contribution is 5.73. The molecule has 1 atom stereocenters. The minimum Gasteiger partial charge on any atom is -0.469 e. The minimum atomic E-state index is -0.173. The number of hydrogen-bond acceptors (Lipinski definition) is 2. The molecule has 88 valence electrons. The van der Waals surface area contributed by atoms with Gasteiger partial charge in [0.15, 0.2) is 0 Å². The monoisotopic (exact) mass is 220 g/mol. The number of carbonyl (C=O) groups is 1. The van der Waals surface area contributed by atoms with Crippen LogP contribution in [0, 0.1) is 6.92 Å². The van der Waals surface area contributed by atoms with Gasteiger partial charge in [0, 0.05) is 0 Å². The molecule has 0 saturated heterocycles. The molecule has 2 heteroatoms. The second kappa shape index (κ2) is 5.69. The number of benzene rings is 1. The molecule has 0 aromatic heterocycles. The first-order valence-corrected chi connectivity index (χ1v) is 5.74. The Morgan fingerprint density at radius 2 is 2.12 bits per heavy atom. The highest BCUT2D eigenvalue weighted by Crippen LogP contribution is 2.24. The van der Waals surface area contributed by atoms with Crippen LogP contribution in [0.25, 0.3) is 0 Å². The molecule has 0 saturated carbocycles. The van der Waals surface area contributed by atoms with Gasteiger partial charge >= 0.3 is 5.97 Å². The normalized spacial score (nSPS) is 12.2. The van der Waals surface area contributed by atoms with Crippen LogP contribution in [0.4, 0.5) is 0 Å². The van der Waals surface area contributed by atoms with E-state index in [9.17, 15) is 4.79 Å². The molecule has 0 radical (unpaired) electrons. The van der Waals surface area contributed by atoms with Crippen LogP contribution in [0.3, 0.4) is 0 Å². The van der Waals surface area contributed by atoms with Gasteiger partial charge in [-0.15, -0.1) is 0 Å². The Kier molecular flexibility index (Phi) is 4.53. The molecule has 1 aromatic rings. The fourth-order valence-corrected chi connectivity index (χ4v) is 1.78. The Morgan fingerprint density at radius 3 is 2.69 bits per heavy atom. The van der Waals surface area contributed by atoms with Crippen molar-refractivity contribution < 1.29 is 9.53 Å². The number of methoxy groups -OCH3 is 1. The molecular formula is C14H20O2. The molecule has 2 nitrogen and oxygen atoms in total. The molecule has 1 aromatic carbocycles. The minimum absolute atomic E-state index is 0.173. The van der Waals surface area contributed by atoms with E-state index in [4.69, 9.17) is 4.74 Å². The second-order valence-electron chi connectivity index (χ2n) is 4.26. The Balaban J connectivity index is 3.02.